The lowest BCUT2D eigenvalue weighted by molar-refractivity contribution is -0.124. The van der Waals surface area contributed by atoms with Gasteiger partial charge in [-0.05, 0) is 42.8 Å². The number of fused-ring (bicyclic) bond motifs is 1. The highest BCUT2D eigenvalue weighted by Gasteiger charge is 2.19. The summed E-state index contributed by atoms with van der Waals surface area (Å²) in [5.41, 5.74) is 1.02. The number of hydrogen-bond acceptors (Lipinski definition) is 7. The third-order valence-electron chi connectivity index (χ3n) is 4.24. The molecule has 0 radical (unpaired) electrons. The first-order valence-electron chi connectivity index (χ1n) is 8.60. The Morgan fingerprint density at radius 2 is 1.86 bits per heavy atom. The summed E-state index contributed by atoms with van der Waals surface area (Å²) in [6, 6.07) is 9.88. The van der Waals surface area contributed by atoms with Gasteiger partial charge in [-0.15, -0.1) is 0 Å². The zero-order valence-corrected chi connectivity index (χ0v) is 15.8. The van der Waals surface area contributed by atoms with Crippen molar-refractivity contribution in [3.63, 3.8) is 0 Å². The average molecular weight is 387 g/mol. The number of nitrogens with one attached hydrogen (secondary N) is 1. The zero-order valence-electron chi connectivity index (χ0n) is 15.8. The van der Waals surface area contributed by atoms with Crippen LogP contribution in [0.4, 0.5) is 0 Å². The van der Waals surface area contributed by atoms with E-state index in [1.807, 2.05) is 13.0 Å². The lowest BCUT2D eigenvalue weighted by atomic mass is 10.1. The molecule has 28 heavy (non-hydrogen) atoms. The molecule has 2 aromatic carbocycles. The van der Waals surface area contributed by atoms with E-state index in [1.54, 1.807) is 24.3 Å². The zero-order chi connectivity index (χ0) is 20.1. The van der Waals surface area contributed by atoms with Gasteiger partial charge in [0.25, 0.3) is 5.91 Å². The molecule has 1 N–H and O–H groups in total. The van der Waals surface area contributed by atoms with Crippen molar-refractivity contribution in [2.24, 2.45) is 0 Å². The van der Waals surface area contributed by atoms with Gasteiger partial charge in [-0.25, -0.2) is 4.79 Å². The molecule has 1 aliphatic rings. The van der Waals surface area contributed by atoms with Crippen molar-refractivity contribution in [3.05, 3.63) is 47.5 Å². The Balaban J connectivity index is 1.57. The second-order valence-corrected chi connectivity index (χ2v) is 6.04. The largest absolute Gasteiger partial charge is 0.497 e. The summed E-state index contributed by atoms with van der Waals surface area (Å²) in [4.78, 5) is 24.5. The lowest BCUT2D eigenvalue weighted by Crippen LogP contribution is -2.31. The Morgan fingerprint density at radius 3 is 2.61 bits per heavy atom. The molecule has 1 unspecified atom stereocenters. The third-order valence-corrected chi connectivity index (χ3v) is 4.24. The summed E-state index contributed by atoms with van der Waals surface area (Å²) >= 11 is 0. The molecule has 3 rings (SSSR count). The molecule has 0 saturated heterocycles. The topological polar surface area (TPSA) is 92.3 Å². The standard InChI is InChI=1S/C20H21NO7/c1-12(13-4-6-17-18(8-13)28-11-27-17)21-19(22)10-26-20(23)15-9-14(24-2)5-7-16(15)25-3/h4-9,12H,10-11H2,1-3H3,(H,21,22). The molecule has 0 fully saturated rings. The minimum atomic E-state index is -0.679. The Hall–Kier alpha value is -3.42. The van der Waals surface area contributed by atoms with Crippen LogP contribution in [0.25, 0.3) is 0 Å². The van der Waals surface area contributed by atoms with Crippen molar-refractivity contribution in [2.75, 3.05) is 27.6 Å². The molecule has 2 aromatic rings. The summed E-state index contributed by atoms with van der Waals surface area (Å²) in [6.45, 7) is 1.58. The van der Waals surface area contributed by atoms with E-state index in [-0.39, 0.29) is 18.4 Å². The first-order chi connectivity index (χ1) is 13.5. The van der Waals surface area contributed by atoms with Gasteiger partial charge in [0.1, 0.15) is 17.1 Å². The summed E-state index contributed by atoms with van der Waals surface area (Å²) in [5, 5.41) is 2.78. The Labute approximate surface area is 162 Å². The van der Waals surface area contributed by atoms with E-state index >= 15 is 0 Å². The predicted molar refractivity (Wildman–Crippen MR) is 99.0 cm³/mol. The van der Waals surface area contributed by atoms with Gasteiger partial charge in [-0.1, -0.05) is 6.07 Å². The van der Waals surface area contributed by atoms with Crippen LogP contribution in [0.1, 0.15) is 28.9 Å². The maximum Gasteiger partial charge on any atom is 0.342 e. The Morgan fingerprint density at radius 1 is 1.07 bits per heavy atom. The summed E-state index contributed by atoms with van der Waals surface area (Å²) < 4.78 is 26.0. The molecule has 0 saturated carbocycles. The van der Waals surface area contributed by atoms with E-state index < -0.39 is 18.5 Å². The van der Waals surface area contributed by atoms with E-state index in [2.05, 4.69) is 5.32 Å². The van der Waals surface area contributed by atoms with Crippen molar-refractivity contribution >= 4 is 11.9 Å². The van der Waals surface area contributed by atoms with Gasteiger partial charge in [0.2, 0.25) is 6.79 Å². The fourth-order valence-corrected chi connectivity index (χ4v) is 2.73. The number of carbonyl (C=O) groups is 2. The van der Waals surface area contributed by atoms with Gasteiger partial charge in [0.05, 0.1) is 20.3 Å². The van der Waals surface area contributed by atoms with Crippen LogP contribution in [0.5, 0.6) is 23.0 Å². The molecule has 1 aliphatic heterocycles. The molecule has 0 aromatic heterocycles. The van der Waals surface area contributed by atoms with Gasteiger partial charge < -0.3 is 29.0 Å². The second kappa shape index (κ2) is 8.51. The van der Waals surface area contributed by atoms with Crippen LogP contribution in [0, 0.1) is 0 Å². The highest BCUT2D eigenvalue weighted by molar-refractivity contribution is 5.94. The van der Waals surface area contributed by atoms with Gasteiger partial charge in [-0.2, -0.15) is 0 Å². The number of hydrogen-bond donors (Lipinski definition) is 1. The molecule has 0 aliphatic carbocycles. The van der Waals surface area contributed by atoms with E-state index in [9.17, 15) is 9.59 Å². The van der Waals surface area contributed by atoms with Crippen molar-refractivity contribution in [3.8, 4) is 23.0 Å². The van der Waals surface area contributed by atoms with E-state index in [0.717, 1.165) is 5.56 Å². The van der Waals surface area contributed by atoms with Gasteiger partial charge in [-0.3, -0.25) is 4.79 Å². The molecule has 1 amide bonds. The average Bonchev–Trinajstić information content (AvgIpc) is 3.19. The number of methoxy groups -OCH3 is 2. The molecule has 148 valence electrons. The van der Waals surface area contributed by atoms with E-state index in [0.29, 0.717) is 23.0 Å². The van der Waals surface area contributed by atoms with Crippen LogP contribution in [-0.4, -0.2) is 39.5 Å². The third kappa shape index (κ3) is 4.28. The number of carbonyl (C=O) groups excluding carboxylic acids is 2. The second-order valence-electron chi connectivity index (χ2n) is 6.04. The van der Waals surface area contributed by atoms with Crippen molar-refractivity contribution < 1.29 is 33.3 Å². The van der Waals surface area contributed by atoms with Crippen LogP contribution in [0.3, 0.4) is 0 Å². The lowest BCUT2D eigenvalue weighted by Gasteiger charge is -2.15. The predicted octanol–water partition coefficient (Wildman–Crippen LogP) is 2.47. The van der Waals surface area contributed by atoms with Crippen molar-refractivity contribution in [1.29, 1.82) is 0 Å². The van der Waals surface area contributed by atoms with Gasteiger partial charge in [0, 0.05) is 0 Å². The van der Waals surface area contributed by atoms with Crippen molar-refractivity contribution in [2.45, 2.75) is 13.0 Å². The fourth-order valence-electron chi connectivity index (χ4n) is 2.73. The molecule has 0 bridgehead atoms. The minimum Gasteiger partial charge on any atom is -0.497 e. The Bertz CT molecular complexity index is 881. The highest BCUT2D eigenvalue weighted by Crippen LogP contribution is 2.34. The van der Waals surface area contributed by atoms with Crippen LogP contribution in [-0.2, 0) is 9.53 Å². The number of ether oxygens (including phenoxy) is 5. The normalized spacial score (nSPS) is 12.8. The summed E-state index contributed by atoms with van der Waals surface area (Å²) in [7, 11) is 2.93. The smallest absolute Gasteiger partial charge is 0.342 e. The fraction of sp³-hybridized carbons (Fsp3) is 0.300. The van der Waals surface area contributed by atoms with Crippen LogP contribution < -0.4 is 24.3 Å². The quantitative estimate of drug-likeness (QED) is 0.730. The summed E-state index contributed by atoms with van der Waals surface area (Å²) in [5.74, 6) is 1.01. The van der Waals surface area contributed by atoms with Gasteiger partial charge >= 0.3 is 5.97 Å². The molecular formula is C20H21NO7. The van der Waals surface area contributed by atoms with Crippen molar-refractivity contribution in [1.82, 2.24) is 5.32 Å². The molecule has 1 atom stereocenters. The summed E-state index contributed by atoms with van der Waals surface area (Å²) in [6.07, 6.45) is 0. The molecule has 0 spiro atoms. The number of amides is 1. The monoisotopic (exact) mass is 387 g/mol. The first-order valence-corrected chi connectivity index (χ1v) is 8.60. The van der Waals surface area contributed by atoms with Gasteiger partial charge in [0.15, 0.2) is 18.1 Å². The van der Waals surface area contributed by atoms with E-state index in [4.69, 9.17) is 23.7 Å². The van der Waals surface area contributed by atoms with Crippen LogP contribution in [0.15, 0.2) is 36.4 Å². The molecule has 1 heterocycles. The highest BCUT2D eigenvalue weighted by atomic mass is 16.7. The maximum atomic E-state index is 12.3. The first kappa shape index (κ1) is 19.3. The van der Waals surface area contributed by atoms with Crippen LogP contribution in [0.2, 0.25) is 0 Å². The molecule has 8 nitrogen and oxygen atoms in total. The number of rotatable bonds is 7. The number of esters is 1. The number of benzene rings is 2. The maximum absolute atomic E-state index is 12.3. The minimum absolute atomic E-state index is 0.179. The SMILES string of the molecule is COc1ccc(OC)c(C(=O)OCC(=O)NC(C)c2ccc3c(c2)OCO3)c1. The molecular weight excluding hydrogens is 366 g/mol. The van der Waals surface area contributed by atoms with E-state index in [1.165, 1.54) is 20.3 Å². The molecule has 8 heteroatoms. The Kier molecular flexibility index (Phi) is 5.88. The van der Waals surface area contributed by atoms with Crippen LogP contribution >= 0.6 is 0 Å².